The van der Waals surface area contributed by atoms with Crippen molar-refractivity contribution in [2.75, 3.05) is 31.3 Å². The Hall–Kier alpha value is -1.69. The number of ether oxygens (including phenoxy) is 1. The molecule has 106 valence electrons. The zero-order chi connectivity index (χ0) is 13.9. The third-order valence-corrected chi connectivity index (χ3v) is 3.71. The molecule has 2 aromatic rings. The van der Waals surface area contributed by atoms with Crippen LogP contribution < -0.4 is 10.6 Å². The van der Waals surface area contributed by atoms with E-state index in [9.17, 15) is 5.11 Å². The van der Waals surface area contributed by atoms with Crippen LogP contribution in [-0.4, -0.2) is 42.5 Å². The highest BCUT2D eigenvalue weighted by atomic mass is 16.5. The largest absolute Gasteiger partial charge is 0.394 e. The molecular weight excluding hydrogens is 254 g/mol. The topological polar surface area (TPSA) is 71.6 Å². The normalized spacial score (nSPS) is 19.5. The van der Waals surface area contributed by atoms with Crippen LogP contribution in [0.1, 0.15) is 5.56 Å². The van der Waals surface area contributed by atoms with Crippen molar-refractivity contribution in [3.63, 3.8) is 0 Å². The second-order valence-corrected chi connectivity index (χ2v) is 4.97. The van der Waals surface area contributed by atoms with Crippen molar-refractivity contribution in [1.82, 2.24) is 4.98 Å². The van der Waals surface area contributed by atoms with Crippen LogP contribution in [0.5, 0.6) is 0 Å². The van der Waals surface area contributed by atoms with Gasteiger partial charge in [0.05, 0.1) is 31.4 Å². The van der Waals surface area contributed by atoms with E-state index in [4.69, 9.17) is 15.5 Å². The molecule has 1 unspecified atom stereocenters. The van der Waals surface area contributed by atoms with Crippen LogP contribution in [0.3, 0.4) is 0 Å². The second-order valence-electron chi connectivity index (χ2n) is 4.97. The molecule has 1 aliphatic rings. The summed E-state index contributed by atoms with van der Waals surface area (Å²) < 4.78 is 5.43. The number of aliphatic hydroxyl groups is 1. The molecule has 20 heavy (non-hydrogen) atoms. The highest BCUT2D eigenvalue weighted by Gasteiger charge is 2.25. The Bertz CT molecular complexity index is 603. The number of anilines is 1. The number of nitrogens with zero attached hydrogens (tertiary/aromatic N) is 2. The third kappa shape index (κ3) is 2.35. The van der Waals surface area contributed by atoms with E-state index in [1.807, 2.05) is 24.3 Å². The molecule has 0 spiro atoms. The summed E-state index contributed by atoms with van der Waals surface area (Å²) in [5, 5.41) is 10.6. The predicted octanol–water partition coefficient (Wildman–Crippen LogP) is 0.891. The van der Waals surface area contributed by atoms with Crippen LogP contribution in [0.4, 0.5) is 5.82 Å². The van der Waals surface area contributed by atoms with Gasteiger partial charge in [0.15, 0.2) is 0 Å². The van der Waals surface area contributed by atoms with E-state index in [2.05, 4.69) is 11.0 Å². The lowest BCUT2D eigenvalue weighted by Gasteiger charge is -2.36. The molecule has 0 radical (unpaired) electrons. The molecule has 1 fully saturated rings. The predicted molar refractivity (Wildman–Crippen MR) is 78.7 cm³/mol. The molecule has 1 aliphatic heterocycles. The Labute approximate surface area is 118 Å². The van der Waals surface area contributed by atoms with Gasteiger partial charge >= 0.3 is 0 Å². The maximum atomic E-state index is 9.52. The maximum absolute atomic E-state index is 9.52. The standard InChI is InChI=1S/C15H19N3O2/c16-8-12-7-11-3-1-2-4-14(11)17-15(12)18-5-6-20-10-13(18)9-19/h1-4,7,13,19H,5-6,8-10,16H2. The Kier molecular flexibility index (Phi) is 3.82. The van der Waals surface area contributed by atoms with Gasteiger partial charge in [-0.2, -0.15) is 0 Å². The Morgan fingerprint density at radius 3 is 3.05 bits per heavy atom. The highest BCUT2D eigenvalue weighted by Crippen LogP contribution is 2.26. The average molecular weight is 273 g/mol. The zero-order valence-electron chi connectivity index (χ0n) is 11.3. The number of para-hydroxylation sites is 1. The molecule has 0 amide bonds. The van der Waals surface area contributed by atoms with Gasteiger partial charge in [0.2, 0.25) is 0 Å². The summed E-state index contributed by atoms with van der Waals surface area (Å²) in [5.41, 5.74) is 7.83. The van der Waals surface area contributed by atoms with Gasteiger partial charge in [-0.05, 0) is 12.1 Å². The summed E-state index contributed by atoms with van der Waals surface area (Å²) in [5.74, 6) is 0.869. The molecule has 0 bridgehead atoms. The first kappa shape index (κ1) is 13.3. The number of fused-ring (bicyclic) bond motifs is 1. The molecule has 1 atom stereocenters. The number of nitrogens with two attached hydrogens (primary N) is 1. The quantitative estimate of drug-likeness (QED) is 0.869. The number of hydrogen-bond donors (Lipinski definition) is 2. The average Bonchev–Trinajstić information content (AvgIpc) is 2.53. The minimum Gasteiger partial charge on any atom is -0.394 e. The molecule has 1 aromatic carbocycles. The molecule has 1 aromatic heterocycles. The summed E-state index contributed by atoms with van der Waals surface area (Å²) in [6, 6.07) is 10.0. The molecule has 5 nitrogen and oxygen atoms in total. The van der Waals surface area contributed by atoms with Crippen molar-refractivity contribution in [2.24, 2.45) is 5.73 Å². The lowest BCUT2D eigenvalue weighted by Crippen LogP contribution is -2.48. The Morgan fingerprint density at radius 1 is 1.40 bits per heavy atom. The van der Waals surface area contributed by atoms with E-state index in [-0.39, 0.29) is 12.6 Å². The summed E-state index contributed by atoms with van der Waals surface area (Å²) in [7, 11) is 0. The molecule has 5 heteroatoms. The summed E-state index contributed by atoms with van der Waals surface area (Å²) in [4.78, 5) is 6.86. The molecule has 0 aliphatic carbocycles. The monoisotopic (exact) mass is 273 g/mol. The fourth-order valence-corrected chi connectivity index (χ4v) is 2.63. The van der Waals surface area contributed by atoms with Crippen molar-refractivity contribution in [1.29, 1.82) is 0 Å². The van der Waals surface area contributed by atoms with Crippen molar-refractivity contribution in [2.45, 2.75) is 12.6 Å². The van der Waals surface area contributed by atoms with E-state index in [0.29, 0.717) is 19.8 Å². The first-order valence-electron chi connectivity index (χ1n) is 6.87. The van der Waals surface area contributed by atoms with Crippen molar-refractivity contribution in [3.05, 3.63) is 35.9 Å². The van der Waals surface area contributed by atoms with Gasteiger partial charge in [-0.1, -0.05) is 18.2 Å². The summed E-state index contributed by atoms with van der Waals surface area (Å²) >= 11 is 0. The van der Waals surface area contributed by atoms with E-state index in [1.165, 1.54) is 0 Å². The summed E-state index contributed by atoms with van der Waals surface area (Å²) in [6.45, 7) is 2.38. The lowest BCUT2D eigenvalue weighted by molar-refractivity contribution is 0.0722. The number of aromatic nitrogens is 1. The van der Waals surface area contributed by atoms with Crippen LogP contribution in [-0.2, 0) is 11.3 Å². The van der Waals surface area contributed by atoms with Crippen LogP contribution in [0.25, 0.3) is 10.9 Å². The van der Waals surface area contributed by atoms with Crippen LogP contribution in [0.15, 0.2) is 30.3 Å². The van der Waals surface area contributed by atoms with Crippen LogP contribution in [0, 0.1) is 0 Å². The van der Waals surface area contributed by atoms with Gasteiger partial charge in [-0.3, -0.25) is 0 Å². The van der Waals surface area contributed by atoms with Gasteiger partial charge in [-0.15, -0.1) is 0 Å². The van der Waals surface area contributed by atoms with Crippen molar-refractivity contribution >= 4 is 16.7 Å². The SMILES string of the molecule is NCc1cc2ccccc2nc1N1CCOCC1CO. The van der Waals surface area contributed by atoms with Crippen molar-refractivity contribution < 1.29 is 9.84 Å². The van der Waals surface area contributed by atoms with E-state index in [0.717, 1.165) is 28.8 Å². The first-order valence-corrected chi connectivity index (χ1v) is 6.87. The zero-order valence-corrected chi connectivity index (χ0v) is 11.3. The molecule has 3 rings (SSSR count). The molecule has 1 saturated heterocycles. The number of benzene rings is 1. The van der Waals surface area contributed by atoms with Gasteiger partial charge in [-0.25, -0.2) is 4.98 Å². The first-order chi connectivity index (χ1) is 9.83. The highest BCUT2D eigenvalue weighted by molar-refractivity contribution is 5.81. The summed E-state index contributed by atoms with van der Waals surface area (Å²) in [6.07, 6.45) is 0. The molecular formula is C15H19N3O2. The van der Waals surface area contributed by atoms with E-state index < -0.39 is 0 Å². The minimum atomic E-state index is -0.0530. The van der Waals surface area contributed by atoms with Gasteiger partial charge < -0.3 is 20.5 Å². The lowest BCUT2D eigenvalue weighted by atomic mass is 10.1. The van der Waals surface area contributed by atoms with Gasteiger partial charge in [0.25, 0.3) is 0 Å². The van der Waals surface area contributed by atoms with Gasteiger partial charge in [0.1, 0.15) is 5.82 Å². The Morgan fingerprint density at radius 2 is 2.25 bits per heavy atom. The number of rotatable bonds is 3. The maximum Gasteiger partial charge on any atom is 0.134 e. The van der Waals surface area contributed by atoms with E-state index >= 15 is 0 Å². The number of pyridine rings is 1. The smallest absolute Gasteiger partial charge is 0.134 e. The second kappa shape index (κ2) is 5.75. The molecule has 3 N–H and O–H groups in total. The molecule has 0 saturated carbocycles. The van der Waals surface area contributed by atoms with E-state index in [1.54, 1.807) is 0 Å². The van der Waals surface area contributed by atoms with Crippen molar-refractivity contribution in [3.8, 4) is 0 Å². The molecule has 2 heterocycles. The number of hydrogen-bond acceptors (Lipinski definition) is 5. The fourth-order valence-electron chi connectivity index (χ4n) is 2.63. The Balaban J connectivity index is 2.08. The fraction of sp³-hybridized carbons (Fsp3) is 0.400. The third-order valence-electron chi connectivity index (χ3n) is 3.71. The van der Waals surface area contributed by atoms with Crippen LogP contribution in [0.2, 0.25) is 0 Å². The van der Waals surface area contributed by atoms with Crippen LogP contribution >= 0.6 is 0 Å². The minimum absolute atomic E-state index is 0.0530. The number of aliphatic hydroxyl groups excluding tert-OH is 1. The number of morpholine rings is 1. The van der Waals surface area contributed by atoms with Gasteiger partial charge in [0, 0.05) is 24.0 Å².